The SMILES string of the molecule is CCCC(COC)Nc1cc(C(=O)O)c(Cl)cn1. The van der Waals surface area contributed by atoms with Gasteiger partial charge < -0.3 is 15.2 Å². The first kappa shape index (κ1) is 14.7. The van der Waals surface area contributed by atoms with Crippen LogP contribution >= 0.6 is 11.6 Å². The van der Waals surface area contributed by atoms with E-state index in [0.29, 0.717) is 12.4 Å². The lowest BCUT2D eigenvalue weighted by atomic mass is 10.1. The quantitative estimate of drug-likeness (QED) is 0.798. The van der Waals surface area contributed by atoms with Gasteiger partial charge in [0.05, 0.1) is 23.2 Å². The number of anilines is 1. The highest BCUT2D eigenvalue weighted by atomic mass is 35.5. The second-order valence-corrected chi connectivity index (χ2v) is 4.35. The fourth-order valence-electron chi connectivity index (χ4n) is 1.64. The zero-order valence-corrected chi connectivity index (χ0v) is 11.2. The van der Waals surface area contributed by atoms with Crippen LogP contribution in [0.1, 0.15) is 30.1 Å². The average Bonchev–Trinajstić information content (AvgIpc) is 2.32. The summed E-state index contributed by atoms with van der Waals surface area (Å²) in [6.07, 6.45) is 3.25. The third-order valence-electron chi connectivity index (χ3n) is 2.44. The van der Waals surface area contributed by atoms with Crippen molar-refractivity contribution in [2.45, 2.75) is 25.8 Å². The molecule has 18 heavy (non-hydrogen) atoms. The van der Waals surface area contributed by atoms with Crippen LogP contribution in [0.5, 0.6) is 0 Å². The molecule has 1 heterocycles. The summed E-state index contributed by atoms with van der Waals surface area (Å²) in [5, 5.41) is 12.2. The van der Waals surface area contributed by atoms with Crippen LogP contribution in [0.15, 0.2) is 12.3 Å². The van der Waals surface area contributed by atoms with E-state index in [9.17, 15) is 4.79 Å². The smallest absolute Gasteiger partial charge is 0.337 e. The number of carboxylic acids is 1. The largest absolute Gasteiger partial charge is 0.478 e. The molecule has 1 atom stereocenters. The number of aromatic carboxylic acids is 1. The number of nitrogens with one attached hydrogen (secondary N) is 1. The van der Waals surface area contributed by atoms with Crippen LogP contribution in [-0.4, -0.2) is 35.8 Å². The molecule has 1 unspecified atom stereocenters. The molecule has 0 bridgehead atoms. The highest BCUT2D eigenvalue weighted by Gasteiger charge is 2.13. The van der Waals surface area contributed by atoms with Crippen molar-refractivity contribution in [2.75, 3.05) is 19.0 Å². The van der Waals surface area contributed by atoms with Crippen molar-refractivity contribution >= 4 is 23.4 Å². The second kappa shape index (κ2) is 7.18. The molecule has 0 aliphatic heterocycles. The molecular weight excluding hydrogens is 256 g/mol. The summed E-state index contributed by atoms with van der Waals surface area (Å²) in [5.74, 6) is -0.573. The topological polar surface area (TPSA) is 71.5 Å². The van der Waals surface area contributed by atoms with Crippen molar-refractivity contribution < 1.29 is 14.6 Å². The number of carbonyl (C=O) groups is 1. The van der Waals surface area contributed by atoms with E-state index in [0.717, 1.165) is 12.8 Å². The monoisotopic (exact) mass is 272 g/mol. The Morgan fingerprint density at radius 1 is 1.67 bits per heavy atom. The standard InChI is InChI=1S/C12H17ClN2O3/c1-3-4-8(7-18-2)15-11-5-9(12(16)17)10(13)6-14-11/h5-6,8H,3-4,7H2,1-2H3,(H,14,15)(H,16,17). The molecule has 0 radical (unpaired) electrons. The summed E-state index contributed by atoms with van der Waals surface area (Å²) < 4.78 is 5.10. The second-order valence-electron chi connectivity index (χ2n) is 3.94. The van der Waals surface area contributed by atoms with Crippen LogP contribution in [0.4, 0.5) is 5.82 Å². The summed E-state index contributed by atoms with van der Waals surface area (Å²) in [5.41, 5.74) is 0.0434. The van der Waals surface area contributed by atoms with Crippen LogP contribution in [0.2, 0.25) is 5.02 Å². The molecule has 0 saturated heterocycles. The maximum Gasteiger partial charge on any atom is 0.337 e. The first-order valence-corrected chi connectivity index (χ1v) is 6.10. The number of pyridine rings is 1. The molecule has 0 amide bonds. The van der Waals surface area contributed by atoms with Gasteiger partial charge in [0.25, 0.3) is 0 Å². The normalized spacial score (nSPS) is 12.2. The number of nitrogens with zero attached hydrogens (tertiary/aromatic N) is 1. The summed E-state index contributed by atoms with van der Waals surface area (Å²) in [4.78, 5) is 15.0. The average molecular weight is 273 g/mol. The van der Waals surface area contributed by atoms with E-state index in [-0.39, 0.29) is 16.6 Å². The Bertz CT molecular complexity index is 406. The predicted octanol–water partition coefficient (Wildman–Crippen LogP) is 2.66. The van der Waals surface area contributed by atoms with Gasteiger partial charge in [-0.1, -0.05) is 24.9 Å². The van der Waals surface area contributed by atoms with Gasteiger partial charge >= 0.3 is 5.97 Å². The van der Waals surface area contributed by atoms with Crippen molar-refractivity contribution in [3.05, 3.63) is 22.8 Å². The first-order valence-electron chi connectivity index (χ1n) is 5.72. The van der Waals surface area contributed by atoms with Crippen molar-refractivity contribution in [1.82, 2.24) is 4.98 Å². The predicted molar refractivity (Wildman–Crippen MR) is 70.4 cm³/mol. The number of aromatic nitrogens is 1. The fraction of sp³-hybridized carbons (Fsp3) is 0.500. The zero-order valence-electron chi connectivity index (χ0n) is 10.4. The first-order chi connectivity index (χ1) is 8.58. The molecule has 0 aromatic carbocycles. The summed E-state index contributed by atoms with van der Waals surface area (Å²) in [6.45, 7) is 2.61. The number of hydrogen-bond donors (Lipinski definition) is 2. The van der Waals surface area contributed by atoms with Crippen LogP contribution < -0.4 is 5.32 Å². The molecule has 1 rings (SSSR count). The highest BCUT2D eigenvalue weighted by molar-refractivity contribution is 6.33. The lowest BCUT2D eigenvalue weighted by molar-refractivity contribution is 0.0697. The minimum atomic E-state index is -1.07. The van der Waals surface area contributed by atoms with Gasteiger partial charge in [-0.25, -0.2) is 9.78 Å². The van der Waals surface area contributed by atoms with Crippen molar-refractivity contribution in [2.24, 2.45) is 0 Å². The fourth-order valence-corrected chi connectivity index (χ4v) is 1.82. The van der Waals surface area contributed by atoms with Gasteiger partial charge in [0.15, 0.2) is 0 Å². The van der Waals surface area contributed by atoms with E-state index in [1.54, 1.807) is 7.11 Å². The van der Waals surface area contributed by atoms with Gasteiger partial charge in [0.2, 0.25) is 0 Å². The Morgan fingerprint density at radius 3 is 2.94 bits per heavy atom. The van der Waals surface area contributed by atoms with Crippen molar-refractivity contribution in [3.63, 3.8) is 0 Å². The number of hydrogen-bond acceptors (Lipinski definition) is 4. The van der Waals surface area contributed by atoms with Crippen LogP contribution in [0.3, 0.4) is 0 Å². The van der Waals surface area contributed by atoms with Crippen LogP contribution in [-0.2, 0) is 4.74 Å². The van der Waals surface area contributed by atoms with E-state index in [1.807, 2.05) is 0 Å². The molecule has 100 valence electrons. The number of ether oxygens (including phenoxy) is 1. The molecule has 2 N–H and O–H groups in total. The third kappa shape index (κ3) is 4.16. The number of halogens is 1. The summed E-state index contributed by atoms with van der Waals surface area (Å²) in [7, 11) is 1.63. The van der Waals surface area contributed by atoms with E-state index in [2.05, 4.69) is 17.2 Å². The van der Waals surface area contributed by atoms with Crippen molar-refractivity contribution in [3.8, 4) is 0 Å². The van der Waals surface area contributed by atoms with Crippen LogP contribution in [0, 0.1) is 0 Å². The van der Waals surface area contributed by atoms with Gasteiger partial charge in [0, 0.05) is 13.3 Å². The Balaban J connectivity index is 2.82. The molecule has 0 spiro atoms. The molecule has 6 heteroatoms. The van der Waals surface area contributed by atoms with Crippen LogP contribution in [0.25, 0.3) is 0 Å². The van der Waals surface area contributed by atoms with Gasteiger partial charge in [-0.15, -0.1) is 0 Å². The number of carboxylic acid groups (broad SMARTS) is 1. The van der Waals surface area contributed by atoms with E-state index < -0.39 is 5.97 Å². The molecule has 5 nitrogen and oxygen atoms in total. The van der Waals surface area contributed by atoms with E-state index >= 15 is 0 Å². The zero-order chi connectivity index (χ0) is 13.5. The third-order valence-corrected chi connectivity index (χ3v) is 2.74. The lowest BCUT2D eigenvalue weighted by Crippen LogP contribution is -2.25. The lowest BCUT2D eigenvalue weighted by Gasteiger charge is -2.18. The van der Waals surface area contributed by atoms with E-state index in [1.165, 1.54) is 12.3 Å². The molecule has 1 aromatic rings. The minimum absolute atomic E-state index is 0.0434. The van der Waals surface area contributed by atoms with Gasteiger partial charge in [-0.2, -0.15) is 0 Å². The Labute approximate surface area is 111 Å². The molecule has 1 aromatic heterocycles. The Kier molecular flexibility index (Phi) is 5.88. The highest BCUT2D eigenvalue weighted by Crippen LogP contribution is 2.19. The van der Waals surface area contributed by atoms with Crippen molar-refractivity contribution in [1.29, 1.82) is 0 Å². The molecule has 0 saturated carbocycles. The van der Waals surface area contributed by atoms with Gasteiger partial charge in [0.1, 0.15) is 5.82 Å². The summed E-state index contributed by atoms with van der Waals surface area (Å²) in [6, 6.07) is 1.54. The number of rotatable bonds is 7. The Morgan fingerprint density at radius 2 is 2.39 bits per heavy atom. The van der Waals surface area contributed by atoms with E-state index in [4.69, 9.17) is 21.4 Å². The number of methoxy groups -OCH3 is 1. The minimum Gasteiger partial charge on any atom is -0.478 e. The maximum atomic E-state index is 10.9. The van der Waals surface area contributed by atoms with Gasteiger partial charge in [-0.05, 0) is 12.5 Å². The van der Waals surface area contributed by atoms with Gasteiger partial charge in [-0.3, -0.25) is 0 Å². The molecule has 0 aliphatic carbocycles. The molecular formula is C12H17ClN2O3. The maximum absolute atomic E-state index is 10.9. The molecule has 0 aliphatic rings. The molecule has 0 fully saturated rings. The summed E-state index contributed by atoms with van der Waals surface area (Å²) >= 11 is 5.75. The Hall–Kier alpha value is -1.33.